The summed E-state index contributed by atoms with van der Waals surface area (Å²) in [7, 11) is 0. The molecule has 168 valence electrons. The van der Waals surface area contributed by atoms with E-state index in [4.69, 9.17) is 0 Å². The third-order valence-corrected chi connectivity index (χ3v) is 6.29. The van der Waals surface area contributed by atoms with E-state index in [1.807, 2.05) is 45.0 Å². The van der Waals surface area contributed by atoms with Crippen molar-refractivity contribution < 1.29 is 19.5 Å². The molecule has 4 rings (SSSR count). The number of fused-ring (bicyclic) bond motifs is 3. The van der Waals surface area contributed by atoms with Gasteiger partial charge >= 0.3 is 5.97 Å². The topological polar surface area (TPSA) is 115 Å². The van der Waals surface area contributed by atoms with E-state index in [1.165, 1.54) is 0 Å². The van der Waals surface area contributed by atoms with Gasteiger partial charge < -0.3 is 20.3 Å². The average Bonchev–Trinajstić information content (AvgIpc) is 3.16. The van der Waals surface area contributed by atoms with Gasteiger partial charge in [-0.3, -0.25) is 14.4 Å². The number of para-hydroxylation sites is 1. The van der Waals surface area contributed by atoms with Gasteiger partial charge in [0.2, 0.25) is 5.91 Å². The molecule has 0 radical (unpaired) electrons. The van der Waals surface area contributed by atoms with Crippen molar-refractivity contribution in [2.24, 2.45) is 11.8 Å². The first kappa shape index (κ1) is 21.8. The smallest absolute Gasteiger partial charge is 0.306 e. The summed E-state index contributed by atoms with van der Waals surface area (Å²) in [5.41, 5.74) is 2.85. The number of amides is 2. The van der Waals surface area contributed by atoms with Crippen molar-refractivity contribution in [3.8, 4) is 0 Å². The highest BCUT2D eigenvalue weighted by atomic mass is 16.4. The number of aryl methyl sites for hydroxylation is 1. The summed E-state index contributed by atoms with van der Waals surface area (Å²) in [5.74, 6) is -1.93. The molecule has 3 heterocycles. The van der Waals surface area contributed by atoms with Gasteiger partial charge in [-0.1, -0.05) is 32.0 Å². The Bertz CT molecular complexity index is 1190. The number of piperidine rings is 1. The van der Waals surface area contributed by atoms with Gasteiger partial charge in [-0.05, 0) is 37.8 Å². The van der Waals surface area contributed by atoms with Crippen LogP contribution in [-0.2, 0) is 9.59 Å². The minimum absolute atomic E-state index is 0.124. The highest BCUT2D eigenvalue weighted by Crippen LogP contribution is 2.27. The summed E-state index contributed by atoms with van der Waals surface area (Å²) < 4.78 is 0. The Kier molecular flexibility index (Phi) is 5.86. The second kappa shape index (κ2) is 8.61. The number of rotatable bonds is 5. The van der Waals surface area contributed by atoms with E-state index in [-0.39, 0.29) is 17.5 Å². The standard InChI is InChI=1S/C24H28N4O4/c1-13(2)20(23(30)28-10-8-15(9-11-28)24(31)32)27-22(29)19-12-17-16-6-4-5-7-18(16)26-21(17)14(3)25-19/h4-7,12-13,15,20,26H,8-11H2,1-3H3,(H,27,29)(H,31,32). The van der Waals surface area contributed by atoms with Crippen LogP contribution in [0.1, 0.15) is 42.9 Å². The van der Waals surface area contributed by atoms with Crippen molar-refractivity contribution in [2.45, 2.75) is 39.7 Å². The van der Waals surface area contributed by atoms with Crippen LogP contribution in [0.15, 0.2) is 30.3 Å². The highest BCUT2D eigenvalue weighted by Gasteiger charge is 2.33. The summed E-state index contributed by atoms with van der Waals surface area (Å²) in [4.78, 5) is 46.9. The lowest BCUT2D eigenvalue weighted by atomic mass is 9.95. The molecule has 8 heteroatoms. The first-order valence-electron chi connectivity index (χ1n) is 11.0. The number of likely N-dealkylation sites (tertiary alicyclic amines) is 1. The fourth-order valence-electron chi connectivity index (χ4n) is 4.39. The van der Waals surface area contributed by atoms with E-state index in [1.54, 1.807) is 11.0 Å². The van der Waals surface area contributed by atoms with E-state index in [0.717, 1.165) is 21.8 Å². The highest BCUT2D eigenvalue weighted by molar-refractivity contribution is 6.10. The maximum Gasteiger partial charge on any atom is 0.306 e. The number of nitrogens with zero attached hydrogens (tertiary/aromatic N) is 2. The zero-order chi connectivity index (χ0) is 23.0. The fourth-order valence-corrected chi connectivity index (χ4v) is 4.39. The molecule has 1 aliphatic heterocycles. The lowest BCUT2D eigenvalue weighted by molar-refractivity contribution is -0.146. The summed E-state index contributed by atoms with van der Waals surface area (Å²) in [6.07, 6.45) is 0.857. The van der Waals surface area contributed by atoms with Crippen molar-refractivity contribution in [1.82, 2.24) is 20.2 Å². The number of carboxylic acid groups (broad SMARTS) is 1. The first-order chi connectivity index (χ1) is 15.3. The Morgan fingerprint density at radius 1 is 1.16 bits per heavy atom. The summed E-state index contributed by atoms with van der Waals surface area (Å²) in [6, 6.07) is 8.94. The predicted molar refractivity (Wildman–Crippen MR) is 121 cm³/mol. The monoisotopic (exact) mass is 436 g/mol. The van der Waals surface area contributed by atoms with E-state index in [9.17, 15) is 19.5 Å². The Morgan fingerprint density at radius 2 is 1.84 bits per heavy atom. The van der Waals surface area contributed by atoms with Gasteiger partial charge in [-0.2, -0.15) is 0 Å². The van der Waals surface area contributed by atoms with Crippen LogP contribution in [0.5, 0.6) is 0 Å². The number of hydrogen-bond donors (Lipinski definition) is 3. The molecule has 0 aliphatic carbocycles. The second-order valence-electron chi connectivity index (χ2n) is 8.82. The summed E-state index contributed by atoms with van der Waals surface area (Å²) in [5, 5.41) is 14.0. The van der Waals surface area contributed by atoms with Crippen LogP contribution in [0.3, 0.4) is 0 Å². The van der Waals surface area contributed by atoms with Crippen molar-refractivity contribution >= 4 is 39.6 Å². The van der Waals surface area contributed by atoms with Gasteiger partial charge in [-0.15, -0.1) is 0 Å². The molecule has 8 nitrogen and oxygen atoms in total. The van der Waals surface area contributed by atoms with Crippen molar-refractivity contribution in [3.63, 3.8) is 0 Å². The number of aliphatic carboxylic acids is 1. The van der Waals surface area contributed by atoms with E-state index >= 15 is 0 Å². The zero-order valence-electron chi connectivity index (χ0n) is 18.5. The van der Waals surface area contributed by atoms with Gasteiger partial charge in [0.15, 0.2) is 0 Å². The minimum Gasteiger partial charge on any atom is -0.481 e. The van der Waals surface area contributed by atoms with Crippen LogP contribution in [0.4, 0.5) is 0 Å². The zero-order valence-corrected chi connectivity index (χ0v) is 18.5. The molecule has 1 fully saturated rings. The molecule has 32 heavy (non-hydrogen) atoms. The number of aromatic nitrogens is 2. The predicted octanol–water partition coefficient (Wildman–Crippen LogP) is 3.10. The molecular weight excluding hydrogens is 408 g/mol. The van der Waals surface area contributed by atoms with Crippen molar-refractivity contribution in [2.75, 3.05) is 13.1 Å². The maximum atomic E-state index is 13.1. The van der Waals surface area contributed by atoms with Crippen LogP contribution in [0.2, 0.25) is 0 Å². The summed E-state index contributed by atoms with van der Waals surface area (Å²) in [6.45, 7) is 6.38. The van der Waals surface area contributed by atoms with E-state index in [2.05, 4.69) is 15.3 Å². The third-order valence-electron chi connectivity index (χ3n) is 6.29. The first-order valence-corrected chi connectivity index (χ1v) is 11.0. The van der Waals surface area contributed by atoms with Crippen molar-refractivity contribution in [3.05, 3.63) is 41.7 Å². The van der Waals surface area contributed by atoms with E-state index < -0.39 is 23.8 Å². The van der Waals surface area contributed by atoms with Crippen LogP contribution in [0, 0.1) is 18.8 Å². The van der Waals surface area contributed by atoms with Gasteiger partial charge in [0.25, 0.3) is 5.91 Å². The molecule has 1 aromatic carbocycles. The number of carbonyl (C=O) groups excluding carboxylic acids is 2. The lowest BCUT2D eigenvalue weighted by Gasteiger charge is -2.34. The number of carboxylic acids is 1. The molecule has 3 N–H and O–H groups in total. The number of H-pyrrole nitrogens is 1. The Morgan fingerprint density at radius 3 is 2.50 bits per heavy atom. The molecule has 2 amide bonds. The number of aromatic amines is 1. The maximum absolute atomic E-state index is 13.1. The quantitative estimate of drug-likeness (QED) is 0.568. The molecular formula is C24H28N4O4. The molecule has 0 bridgehead atoms. The fraction of sp³-hybridized carbons (Fsp3) is 0.417. The van der Waals surface area contributed by atoms with Gasteiger partial charge in [0, 0.05) is 29.4 Å². The molecule has 1 saturated heterocycles. The number of carbonyl (C=O) groups is 3. The van der Waals surface area contributed by atoms with Gasteiger partial charge in [-0.25, -0.2) is 4.98 Å². The van der Waals surface area contributed by atoms with Gasteiger partial charge in [0.1, 0.15) is 11.7 Å². The molecule has 3 aromatic rings. The number of nitrogens with one attached hydrogen (secondary N) is 2. The Labute approximate surface area is 186 Å². The number of pyridine rings is 1. The largest absolute Gasteiger partial charge is 0.481 e. The molecule has 0 spiro atoms. The van der Waals surface area contributed by atoms with Crippen LogP contribution < -0.4 is 5.32 Å². The molecule has 0 saturated carbocycles. The normalized spacial score (nSPS) is 15.9. The third kappa shape index (κ3) is 4.04. The molecule has 1 atom stereocenters. The second-order valence-corrected chi connectivity index (χ2v) is 8.82. The van der Waals surface area contributed by atoms with Gasteiger partial charge in [0.05, 0.1) is 17.1 Å². The Hall–Kier alpha value is -3.42. The van der Waals surface area contributed by atoms with Crippen LogP contribution in [-0.4, -0.2) is 56.9 Å². The van der Waals surface area contributed by atoms with Crippen molar-refractivity contribution in [1.29, 1.82) is 0 Å². The van der Waals surface area contributed by atoms with Crippen LogP contribution in [0.25, 0.3) is 21.8 Å². The Balaban J connectivity index is 1.55. The summed E-state index contributed by atoms with van der Waals surface area (Å²) >= 11 is 0. The number of benzene rings is 1. The molecule has 2 aromatic heterocycles. The molecule has 1 unspecified atom stereocenters. The SMILES string of the molecule is Cc1nc(C(=O)NC(C(=O)N2CCC(C(=O)O)CC2)C(C)C)cc2c1[nH]c1ccccc12. The van der Waals surface area contributed by atoms with Crippen LogP contribution >= 0.6 is 0 Å². The average molecular weight is 437 g/mol. The lowest BCUT2D eigenvalue weighted by Crippen LogP contribution is -2.53. The van der Waals surface area contributed by atoms with E-state index in [0.29, 0.717) is 31.6 Å². The number of hydrogen-bond acceptors (Lipinski definition) is 4. The minimum atomic E-state index is -0.820. The molecule has 1 aliphatic rings.